The Morgan fingerprint density at radius 3 is 2.95 bits per heavy atom. The van der Waals surface area contributed by atoms with Gasteiger partial charge in [0.1, 0.15) is 11.3 Å². The Kier molecular flexibility index (Phi) is 4.12. The number of rotatable bonds is 5. The number of pyridine rings is 1. The van der Waals surface area contributed by atoms with E-state index in [2.05, 4.69) is 26.6 Å². The Labute approximate surface area is 132 Å². The first kappa shape index (κ1) is 14.4. The van der Waals surface area contributed by atoms with Gasteiger partial charge in [-0.05, 0) is 19.1 Å². The Hall–Kier alpha value is -1.59. The largest absolute Gasteiger partial charge is 0.308 e. The summed E-state index contributed by atoms with van der Waals surface area (Å²) >= 11 is 11.9. The predicted octanol–water partition coefficient (Wildman–Crippen LogP) is 3.32. The van der Waals surface area contributed by atoms with Crippen LogP contribution in [-0.2, 0) is 13.0 Å². The smallest absolute Gasteiger partial charge is 0.160 e. The Bertz CT molecular complexity index is 735. The Morgan fingerprint density at radius 2 is 2.24 bits per heavy atom. The zero-order valence-corrected chi connectivity index (χ0v) is 13.1. The lowest BCUT2D eigenvalue weighted by molar-refractivity contribution is 0.434. The molecular formula is C14H15Cl2N5. The maximum Gasteiger partial charge on any atom is 0.160 e. The normalized spacial score (nSPS) is 12.9. The molecule has 0 fully saturated rings. The molecule has 0 amide bonds. The molecule has 0 saturated heterocycles. The van der Waals surface area contributed by atoms with Crippen molar-refractivity contribution in [1.82, 2.24) is 24.3 Å². The molecule has 5 nitrogen and oxygen atoms in total. The van der Waals surface area contributed by atoms with Gasteiger partial charge in [0.05, 0.1) is 17.6 Å². The minimum atomic E-state index is 0.168. The first-order chi connectivity index (χ1) is 10.2. The van der Waals surface area contributed by atoms with Gasteiger partial charge in [-0.2, -0.15) is 5.10 Å². The van der Waals surface area contributed by atoms with Crippen molar-refractivity contribution in [3.05, 3.63) is 41.6 Å². The van der Waals surface area contributed by atoms with Crippen LogP contribution in [0.5, 0.6) is 0 Å². The lowest BCUT2D eigenvalue weighted by Crippen LogP contribution is -2.16. The predicted molar refractivity (Wildman–Crippen MR) is 83.9 cm³/mol. The van der Waals surface area contributed by atoms with E-state index in [9.17, 15) is 0 Å². The van der Waals surface area contributed by atoms with Crippen molar-refractivity contribution in [2.75, 3.05) is 5.88 Å². The van der Waals surface area contributed by atoms with E-state index in [1.807, 2.05) is 23.0 Å². The molecule has 0 aliphatic heterocycles. The molecule has 1 atom stereocenters. The van der Waals surface area contributed by atoms with Gasteiger partial charge in [0, 0.05) is 30.9 Å². The molecule has 0 N–H and O–H groups in total. The number of hydrogen-bond donors (Lipinski definition) is 0. The van der Waals surface area contributed by atoms with Crippen molar-refractivity contribution in [2.24, 2.45) is 0 Å². The van der Waals surface area contributed by atoms with E-state index in [4.69, 9.17) is 23.2 Å². The SMILES string of the molecule is CC(Cn1cccn1)n1c(CCCl)nc2cc(Cl)cnc21. The van der Waals surface area contributed by atoms with Crippen LogP contribution >= 0.6 is 23.2 Å². The van der Waals surface area contributed by atoms with Crippen LogP contribution in [0.2, 0.25) is 5.02 Å². The van der Waals surface area contributed by atoms with Gasteiger partial charge in [0.25, 0.3) is 0 Å². The highest BCUT2D eigenvalue weighted by Gasteiger charge is 2.17. The second-order valence-corrected chi connectivity index (χ2v) is 5.72. The summed E-state index contributed by atoms with van der Waals surface area (Å²) in [4.78, 5) is 9.05. The van der Waals surface area contributed by atoms with Crippen molar-refractivity contribution < 1.29 is 0 Å². The summed E-state index contributed by atoms with van der Waals surface area (Å²) in [6.45, 7) is 2.87. The molecule has 3 rings (SSSR count). The monoisotopic (exact) mass is 323 g/mol. The molecule has 3 aromatic heterocycles. The van der Waals surface area contributed by atoms with Crippen LogP contribution in [0, 0.1) is 0 Å². The third-order valence-corrected chi connectivity index (χ3v) is 3.73. The minimum absolute atomic E-state index is 0.168. The first-order valence-corrected chi connectivity index (χ1v) is 7.66. The number of aromatic nitrogens is 5. The fourth-order valence-electron chi connectivity index (χ4n) is 2.49. The van der Waals surface area contributed by atoms with Gasteiger partial charge in [-0.3, -0.25) is 4.68 Å². The fraction of sp³-hybridized carbons (Fsp3) is 0.357. The third-order valence-electron chi connectivity index (χ3n) is 3.34. The zero-order chi connectivity index (χ0) is 14.8. The number of hydrogen-bond acceptors (Lipinski definition) is 3. The van der Waals surface area contributed by atoms with E-state index in [1.165, 1.54) is 0 Å². The summed E-state index contributed by atoms with van der Waals surface area (Å²) < 4.78 is 4.02. The summed E-state index contributed by atoms with van der Waals surface area (Å²) in [5.41, 5.74) is 1.63. The molecule has 0 aliphatic carbocycles. The summed E-state index contributed by atoms with van der Waals surface area (Å²) in [5.74, 6) is 1.44. The van der Waals surface area contributed by atoms with Crippen molar-refractivity contribution in [3.8, 4) is 0 Å². The molecule has 3 heterocycles. The van der Waals surface area contributed by atoms with Crippen LogP contribution in [-0.4, -0.2) is 30.2 Å². The van der Waals surface area contributed by atoms with E-state index in [-0.39, 0.29) is 6.04 Å². The molecule has 0 aliphatic rings. The second kappa shape index (κ2) is 6.03. The highest BCUT2D eigenvalue weighted by Crippen LogP contribution is 2.23. The summed E-state index contributed by atoms with van der Waals surface area (Å²) in [6.07, 6.45) is 6.06. The molecule has 0 aromatic carbocycles. The van der Waals surface area contributed by atoms with Crippen LogP contribution in [0.25, 0.3) is 11.2 Å². The Balaban J connectivity index is 2.03. The quantitative estimate of drug-likeness (QED) is 0.677. The number of halogens is 2. The molecule has 3 aromatic rings. The van der Waals surface area contributed by atoms with Gasteiger partial charge in [0.2, 0.25) is 0 Å². The molecule has 1 unspecified atom stereocenters. The van der Waals surface area contributed by atoms with Gasteiger partial charge >= 0.3 is 0 Å². The average Bonchev–Trinajstić information content (AvgIpc) is 3.05. The summed E-state index contributed by atoms with van der Waals surface area (Å²) in [7, 11) is 0. The number of aryl methyl sites for hydroxylation is 1. The molecule has 0 saturated carbocycles. The van der Waals surface area contributed by atoms with Gasteiger partial charge in [-0.25, -0.2) is 9.97 Å². The summed E-state index contributed by atoms with van der Waals surface area (Å²) in [6, 6.07) is 3.91. The van der Waals surface area contributed by atoms with Crippen molar-refractivity contribution >= 4 is 34.4 Å². The lowest BCUT2D eigenvalue weighted by Gasteiger charge is -2.17. The molecule has 0 radical (unpaired) electrons. The van der Waals surface area contributed by atoms with Gasteiger partial charge in [-0.1, -0.05) is 11.6 Å². The zero-order valence-electron chi connectivity index (χ0n) is 11.6. The molecule has 110 valence electrons. The van der Waals surface area contributed by atoms with Gasteiger partial charge in [0.15, 0.2) is 5.65 Å². The number of nitrogens with zero attached hydrogens (tertiary/aromatic N) is 5. The van der Waals surface area contributed by atoms with E-state index in [0.717, 1.165) is 23.5 Å². The van der Waals surface area contributed by atoms with Gasteiger partial charge < -0.3 is 4.57 Å². The number of alkyl halides is 1. The van der Waals surface area contributed by atoms with Crippen LogP contribution < -0.4 is 0 Å². The van der Waals surface area contributed by atoms with Crippen molar-refractivity contribution in [3.63, 3.8) is 0 Å². The van der Waals surface area contributed by atoms with Crippen LogP contribution in [0.1, 0.15) is 18.8 Å². The second-order valence-electron chi connectivity index (χ2n) is 4.91. The van der Waals surface area contributed by atoms with Crippen molar-refractivity contribution in [1.29, 1.82) is 0 Å². The van der Waals surface area contributed by atoms with Crippen molar-refractivity contribution in [2.45, 2.75) is 25.9 Å². The lowest BCUT2D eigenvalue weighted by atomic mass is 10.3. The van der Waals surface area contributed by atoms with Crippen LogP contribution in [0.4, 0.5) is 0 Å². The standard InChI is InChI=1S/C14H15Cl2N5/c1-10(9-20-6-2-5-18-20)21-13(3-4-15)19-12-7-11(16)8-17-14(12)21/h2,5-8,10H,3-4,9H2,1H3. The van der Waals surface area contributed by atoms with E-state index in [1.54, 1.807) is 12.4 Å². The highest BCUT2D eigenvalue weighted by molar-refractivity contribution is 6.31. The van der Waals surface area contributed by atoms with Crippen LogP contribution in [0.3, 0.4) is 0 Å². The van der Waals surface area contributed by atoms with Gasteiger partial charge in [-0.15, -0.1) is 11.6 Å². The van der Waals surface area contributed by atoms with E-state index < -0.39 is 0 Å². The van der Waals surface area contributed by atoms with E-state index in [0.29, 0.717) is 17.3 Å². The maximum atomic E-state index is 6.00. The molecular weight excluding hydrogens is 309 g/mol. The topological polar surface area (TPSA) is 48.5 Å². The molecule has 0 bridgehead atoms. The third kappa shape index (κ3) is 2.89. The average molecular weight is 324 g/mol. The van der Waals surface area contributed by atoms with Crippen LogP contribution in [0.15, 0.2) is 30.7 Å². The molecule has 21 heavy (non-hydrogen) atoms. The maximum absolute atomic E-state index is 6.00. The Morgan fingerprint density at radius 1 is 1.38 bits per heavy atom. The number of imidazole rings is 1. The number of fused-ring (bicyclic) bond motifs is 1. The highest BCUT2D eigenvalue weighted by atomic mass is 35.5. The molecule has 0 spiro atoms. The minimum Gasteiger partial charge on any atom is -0.308 e. The van der Waals surface area contributed by atoms with E-state index >= 15 is 0 Å². The molecule has 7 heteroatoms. The summed E-state index contributed by atoms with van der Waals surface area (Å²) in [5, 5.41) is 4.84. The fourth-order valence-corrected chi connectivity index (χ4v) is 2.81. The first-order valence-electron chi connectivity index (χ1n) is 6.75.